The molecule has 0 aliphatic carbocycles. The molecular formula is C14H15ClN2S. The summed E-state index contributed by atoms with van der Waals surface area (Å²) in [5.74, 6) is 0.622. The summed E-state index contributed by atoms with van der Waals surface area (Å²) in [4.78, 5) is 7.98. The molecule has 1 fully saturated rings. The van der Waals surface area contributed by atoms with E-state index in [1.807, 2.05) is 23.8 Å². The second-order valence-electron chi connectivity index (χ2n) is 4.74. The van der Waals surface area contributed by atoms with Crippen molar-refractivity contribution in [2.75, 3.05) is 13.1 Å². The molecule has 0 N–H and O–H groups in total. The van der Waals surface area contributed by atoms with Crippen LogP contribution in [0.2, 0.25) is 5.02 Å². The molecule has 1 saturated heterocycles. The zero-order valence-electron chi connectivity index (χ0n) is 10.1. The maximum absolute atomic E-state index is 6.05. The van der Waals surface area contributed by atoms with Gasteiger partial charge < -0.3 is 0 Å². The lowest BCUT2D eigenvalue weighted by molar-refractivity contribution is 0.329. The van der Waals surface area contributed by atoms with E-state index in [-0.39, 0.29) is 0 Å². The minimum Gasteiger partial charge on any atom is -0.298 e. The van der Waals surface area contributed by atoms with Gasteiger partial charge >= 0.3 is 0 Å². The fourth-order valence-electron chi connectivity index (χ4n) is 2.55. The van der Waals surface area contributed by atoms with Gasteiger partial charge in [-0.25, -0.2) is 0 Å². The van der Waals surface area contributed by atoms with Crippen molar-refractivity contribution >= 4 is 22.9 Å². The van der Waals surface area contributed by atoms with Crippen LogP contribution in [-0.4, -0.2) is 23.0 Å². The number of benzene rings is 1. The smallest absolute Gasteiger partial charge is 0.0794 e. The molecule has 0 radical (unpaired) electrons. The number of hydrogen-bond donors (Lipinski definition) is 0. The lowest BCUT2D eigenvalue weighted by Crippen LogP contribution is -2.19. The molecular weight excluding hydrogens is 264 g/mol. The van der Waals surface area contributed by atoms with Gasteiger partial charge in [-0.05, 0) is 36.6 Å². The highest BCUT2D eigenvalue weighted by atomic mass is 35.5. The summed E-state index contributed by atoms with van der Waals surface area (Å²) in [6.07, 6.45) is 3.19. The van der Waals surface area contributed by atoms with Crippen molar-refractivity contribution in [2.45, 2.75) is 18.9 Å². The Morgan fingerprint density at radius 1 is 1.44 bits per heavy atom. The first kappa shape index (κ1) is 12.2. The van der Waals surface area contributed by atoms with Gasteiger partial charge in [-0.1, -0.05) is 23.7 Å². The van der Waals surface area contributed by atoms with Gasteiger partial charge in [0.15, 0.2) is 0 Å². The molecule has 1 aromatic heterocycles. The molecule has 0 amide bonds. The second kappa shape index (κ2) is 5.39. The molecule has 2 nitrogen and oxygen atoms in total. The summed E-state index contributed by atoms with van der Waals surface area (Å²) in [6, 6.07) is 8.27. The summed E-state index contributed by atoms with van der Waals surface area (Å²) < 4.78 is 0. The van der Waals surface area contributed by atoms with Gasteiger partial charge in [-0.3, -0.25) is 9.88 Å². The Labute approximate surface area is 116 Å². The molecule has 1 atom stereocenters. The van der Waals surface area contributed by atoms with Gasteiger partial charge in [0.1, 0.15) is 0 Å². The minimum absolute atomic E-state index is 0.622. The van der Waals surface area contributed by atoms with Crippen LogP contribution in [0, 0.1) is 0 Å². The Balaban J connectivity index is 1.65. The number of halogens is 1. The first-order valence-corrected chi connectivity index (χ1v) is 7.42. The second-order valence-corrected chi connectivity index (χ2v) is 6.15. The largest absolute Gasteiger partial charge is 0.298 e. The molecule has 0 unspecified atom stereocenters. The molecule has 18 heavy (non-hydrogen) atoms. The van der Waals surface area contributed by atoms with Crippen LogP contribution in [0.5, 0.6) is 0 Å². The van der Waals surface area contributed by atoms with Gasteiger partial charge in [0.2, 0.25) is 0 Å². The van der Waals surface area contributed by atoms with E-state index in [0.717, 1.165) is 24.7 Å². The highest BCUT2D eigenvalue weighted by Gasteiger charge is 2.24. The molecule has 1 aliphatic heterocycles. The van der Waals surface area contributed by atoms with Crippen molar-refractivity contribution in [3.63, 3.8) is 0 Å². The average molecular weight is 279 g/mol. The monoisotopic (exact) mass is 278 g/mol. The Morgan fingerprint density at radius 2 is 2.39 bits per heavy atom. The van der Waals surface area contributed by atoms with E-state index in [1.165, 1.54) is 16.9 Å². The highest BCUT2D eigenvalue weighted by Crippen LogP contribution is 2.29. The van der Waals surface area contributed by atoms with E-state index in [1.54, 1.807) is 11.3 Å². The average Bonchev–Trinajstić information content (AvgIpc) is 3.01. The van der Waals surface area contributed by atoms with E-state index in [4.69, 9.17) is 11.6 Å². The number of aromatic nitrogens is 1. The standard InChI is InChI=1S/C14H15ClN2S/c15-13-3-1-2-11(6-13)12-4-5-17(8-12)9-14-7-16-10-18-14/h1-3,6-7,10,12H,4-5,8-9H2/t12-/m1/s1. The molecule has 2 aromatic rings. The van der Waals surface area contributed by atoms with Crippen LogP contribution in [-0.2, 0) is 6.54 Å². The van der Waals surface area contributed by atoms with Gasteiger partial charge in [-0.2, -0.15) is 0 Å². The SMILES string of the molecule is Clc1cccc([C@@H]2CCN(Cc3cncs3)C2)c1. The van der Waals surface area contributed by atoms with Gasteiger partial charge in [-0.15, -0.1) is 11.3 Å². The summed E-state index contributed by atoms with van der Waals surface area (Å²) in [5, 5.41) is 0.841. The molecule has 4 heteroatoms. The van der Waals surface area contributed by atoms with Crippen LogP contribution in [0.25, 0.3) is 0 Å². The Morgan fingerprint density at radius 3 is 3.17 bits per heavy atom. The predicted octanol–water partition coefficient (Wildman–Crippen LogP) is 3.79. The van der Waals surface area contributed by atoms with Gasteiger partial charge in [0, 0.05) is 29.2 Å². The number of thiazole rings is 1. The first-order valence-electron chi connectivity index (χ1n) is 6.16. The number of rotatable bonds is 3. The predicted molar refractivity (Wildman–Crippen MR) is 76.2 cm³/mol. The van der Waals surface area contributed by atoms with E-state index in [0.29, 0.717) is 5.92 Å². The molecule has 2 heterocycles. The molecule has 1 aromatic carbocycles. The van der Waals surface area contributed by atoms with Crippen LogP contribution in [0.3, 0.4) is 0 Å². The fraction of sp³-hybridized carbons (Fsp3) is 0.357. The van der Waals surface area contributed by atoms with Crippen molar-refractivity contribution in [3.05, 3.63) is 51.4 Å². The van der Waals surface area contributed by atoms with Crippen LogP contribution in [0.1, 0.15) is 22.8 Å². The zero-order chi connectivity index (χ0) is 12.4. The van der Waals surface area contributed by atoms with Crippen molar-refractivity contribution in [1.29, 1.82) is 0 Å². The zero-order valence-corrected chi connectivity index (χ0v) is 11.6. The maximum Gasteiger partial charge on any atom is 0.0794 e. The third-order valence-corrected chi connectivity index (χ3v) is 4.45. The van der Waals surface area contributed by atoms with E-state index < -0.39 is 0 Å². The molecule has 0 saturated carbocycles. The lowest BCUT2D eigenvalue weighted by Gasteiger charge is -2.15. The third-order valence-electron chi connectivity index (χ3n) is 3.46. The van der Waals surface area contributed by atoms with E-state index in [2.05, 4.69) is 22.0 Å². The van der Waals surface area contributed by atoms with Gasteiger partial charge in [0.05, 0.1) is 5.51 Å². The van der Waals surface area contributed by atoms with Crippen molar-refractivity contribution in [1.82, 2.24) is 9.88 Å². The summed E-state index contributed by atoms with van der Waals surface area (Å²) in [5.41, 5.74) is 3.27. The van der Waals surface area contributed by atoms with Crippen LogP contribution in [0.15, 0.2) is 36.0 Å². The highest BCUT2D eigenvalue weighted by molar-refractivity contribution is 7.09. The van der Waals surface area contributed by atoms with E-state index >= 15 is 0 Å². The maximum atomic E-state index is 6.05. The summed E-state index contributed by atoms with van der Waals surface area (Å²) in [6.45, 7) is 3.31. The van der Waals surface area contributed by atoms with Crippen LogP contribution < -0.4 is 0 Å². The molecule has 3 rings (SSSR count). The Kier molecular flexibility index (Phi) is 3.64. The Hall–Kier alpha value is -0.900. The molecule has 1 aliphatic rings. The first-order chi connectivity index (χ1) is 8.81. The van der Waals surface area contributed by atoms with Crippen molar-refractivity contribution in [2.24, 2.45) is 0 Å². The number of likely N-dealkylation sites (tertiary alicyclic amines) is 1. The van der Waals surface area contributed by atoms with Gasteiger partial charge in [0.25, 0.3) is 0 Å². The van der Waals surface area contributed by atoms with E-state index in [9.17, 15) is 0 Å². The fourth-order valence-corrected chi connectivity index (χ4v) is 3.38. The van der Waals surface area contributed by atoms with Crippen molar-refractivity contribution in [3.8, 4) is 0 Å². The summed E-state index contributed by atoms with van der Waals surface area (Å²) in [7, 11) is 0. The molecule has 0 spiro atoms. The third kappa shape index (κ3) is 2.74. The minimum atomic E-state index is 0.622. The summed E-state index contributed by atoms with van der Waals surface area (Å²) >= 11 is 7.79. The number of nitrogens with zero attached hydrogens (tertiary/aromatic N) is 2. The number of hydrogen-bond acceptors (Lipinski definition) is 3. The molecule has 0 bridgehead atoms. The quantitative estimate of drug-likeness (QED) is 0.849. The van der Waals surface area contributed by atoms with Crippen molar-refractivity contribution < 1.29 is 0 Å². The normalized spacial score (nSPS) is 20.4. The topological polar surface area (TPSA) is 16.1 Å². The van der Waals surface area contributed by atoms with Crippen LogP contribution in [0.4, 0.5) is 0 Å². The Bertz CT molecular complexity index is 512. The van der Waals surface area contributed by atoms with Crippen LogP contribution >= 0.6 is 22.9 Å². The lowest BCUT2D eigenvalue weighted by atomic mass is 9.99. The molecule has 94 valence electrons.